The fourth-order valence-corrected chi connectivity index (χ4v) is 2.26. The Morgan fingerprint density at radius 1 is 1.44 bits per heavy atom. The van der Waals surface area contributed by atoms with Crippen LogP contribution in [0.4, 0.5) is 0 Å². The van der Waals surface area contributed by atoms with E-state index in [-0.39, 0.29) is 5.56 Å². The van der Waals surface area contributed by atoms with Crippen LogP contribution in [-0.2, 0) is 7.05 Å². The van der Waals surface area contributed by atoms with Gasteiger partial charge in [-0.1, -0.05) is 6.42 Å². The first-order valence-electron chi connectivity index (χ1n) is 5.60. The van der Waals surface area contributed by atoms with Gasteiger partial charge in [-0.15, -0.1) is 0 Å². The van der Waals surface area contributed by atoms with E-state index in [1.54, 1.807) is 11.6 Å². The molecule has 2 aromatic rings. The zero-order valence-corrected chi connectivity index (χ0v) is 9.45. The van der Waals surface area contributed by atoms with Crippen LogP contribution in [0, 0.1) is 6.92 Å². The summed E-state index contributed by atoms with van der Waals surface area (Å²) in [5, 5.41) is 5.13. The smallest absolute Gasteiger partial charge is 0.262 e. The lowest BCUT2D eigenvalue weighted by molar-refractivity contribution is 0.410. The second-order valence-corrected chi connectivity index (χ2v) is 4.49. The first-order chi connectivity index (χ1) is 7.66. The molecule has 2 aromatic heterocycles. The molecule has 0 aliphatic heterocycles. The van der Waals surface area contributed by atoms with E-state index >= 15 is 0 Å². The van der Waals surface area contributed by atoms with Crippen LogP contribution in [0.1, 0.15) is 36.7 Å². The molecular weight excluding hydrogens is 204 g/mol. The monoisotopic (exact) mass is 218 g/mol. The maximum Gasteiger partial charge on any atom is 0.262 e. The molecule has 5 nitrogen and oxygen atoms in total. The van der Waals surface area contributed by atoms with Crippen molar-refractivity contribution in [1.82, 2.24) is 19.7 Å². The first kappa shape index (κ1) is 9.57. The van der Waals surface area contributed by atoms with Crippen molar-refractivity contribution in [2.24, 2.45) is 7.05 Å². The van der Waals surface area contributed by atoms with Crippen molar-refractivity contribution in [2.75, 3.05) is 0 Å². The van der Waals surface area contributed by atoms with Crippen LogP contribution in [0.15, 0.2) is 4.79 Å². The predicted molar refractivity (Wildman–Crippen MR) is 60.5 cm³/mol. The molecule has 84 valence electrons. The number of nitrogens with zero attached hydrogens (tertiary/aromatic N) is 3. The molecule has 0 spiro atoms. The molecule has 1 N–H and O–H groups in total. The standard InChI is InChI=1S/C11H14N4O/c1-6-12-10-8(11(16)13-6)9(14-15(10)2)7-4-3-5-7/h7H,3-5H2,1-2H3,(H,12,13,16). The molecule has 0 atom stereocenters. The summed E-state index contributed by atoms with van der Waals surface area (Å²) in [4.78, 5) is 19.0. The van der Waals surface area contributed by atoms with Gasteiger partial charge in [-0.2, -0.15) is 5.10 Å². The quantitative estimate of drug-likeness (QED) is 0.783. The Kier molecular flexibility index (Phi) is 1.89. The minimum Gasteiger partial charge on any atom is -0.310 e. The molecule has 0 saturated heterocycles. The fourth-order valence-electron chi connectivity index (χ4n) is 2.26. The highest BCUT2D eigenvalue weighted by Crippen LogP contribution is 2.37. The highest BCUT2D eigenvalue weighted by atomic mass is 16.1. The van der Waals surface area contributed by atoms with Gasteiger partial charge in [0.15, 0.2) is 5.65 Å². The summed E-state index contributed by atoms with van der Waals surface area (Å²) < 4.78 is 1.71. The summed E-state index contributed by atoms with van der Waals surface area (Å²) >= 11 is 0. The Bertz CT molecular complexity index is 606. The van der Waals surface area contributed by atoms with Crippen molar-refractivity contribution >= 4 is 11.0 Å². The average molecular weight is 218 g/mol. The molecule has 3 rings (SSSR count). The lowest BCUT2D eigenvalue weighted by atomic mass is 9.82. The largest absolute Gasteiger partial charge is 0.310 e. The first-order valence-corrected chi connectivity index (χ1v) is 5.60. The molecule has 5 heteroatoms. The van der Waals surface area contributed by atoms with Crippen LogP contribution in [0.5, 0.6) is 0 Å². The number of nitrogens with one attached hydrogen (secondary N) is 1. The van der Waals surface area contributed by atoms with E-state index < -0.39 is 0 Å². The van der Waals surface area contributed by atoms with Crippen LogP contribution in [0.2, 0.25) is 0 Å². The van der Waals surface area contributed by atoms with E-state index in [2.05, 4.69) is 15.1 Å². The van der Waals surface area contributed by atoms with Crippen LogP contribution < -0.4 is 5.56 Å². The number of H-pyrrole nitrogens is 1. The van der Waals surface area contributed by atoms with Crippen molar-refractivity contribution in [2.45, 2.75) is 32.1 Å². The predicted octanol–water partition coefficient (Wildman–Crippen LogP) is 1.23. The Morgan fingerprint density at radius 2 is 2.19 bits per heavy atom. The lowest BCUT2D eigenvalue weighted by Gasteiger charge is -2.23. The van der Waals surface area contributed by atoms with Crippen LogP contribution in [0.3, 0.4) is 0 Å². The molecule has 0 bridgehead atoms. The second kappa shape index (κ2) is 3.17. The highest BCUT2D eigenvalue weighted by Gasteiger charge is 2.26. The third-order valence-electron chi connectivity index (χ3n) is 3.33. The zero-order chi connectivity index (χ0) is 11.3. The Labute approximate surface area is 92.5 Å². The molecule has 1 aliphatic rings. The number of aryl methyl sites for hydroxylation is 2. The van der Waals surface area contributed by atoms with Gasteiger partial charge in [0.25, 0.3) is 5.56 Å². The van der Waals surface area contributed by atoms with E-state index in [9.17, 15) is 4.79 Å². The minimum atomic E-state index is -0.0579. The molecule has 0 unspecified atom stereocenters. The molecule has 0 radical (unpaired) electrons. The van der Waals surface area contributed by atoms with Crippen LogP contribution in [-0.4, -0.2) is 19.7 Å². The van der Waals surface area contributed by atoms with Crippen molar-refractivity contribution in [1.29, 1.82) is 0 Å². The van der Waals surface area contributed by atoms with Gasteiger partial charge in [0, 0.05) is 13.0 Å². The van der Waals surface area contributed by atoms with E-state index in [0.717, 1.165) is 18.5 Å². The van der Waals surface area contributed by atoms with Crippen molar-refractivity contribution in [3.05, 3.63) is 21.9 Å². The molecule has 1 saturated carbocycles. The Hall–Kier alpha value is -1.65. The third kappa shape index (κ3) is 1.20. The third-order valence-corrected chi connectivity index (χ3v) is 3.33. The van der Waals surface area contributed by atoms with Crippen LogP contribution in [0.25, 0.3) is 11.0 Å². The van der Waals surface area contributed by atoms with E-state index in [4.69, 9.17) is 0 Å². The molecule has 0 amide bonds. The van der Waals surface area contributed by atoms with Crippen LogP contribution >= 0.6 is 0 Å². The molecular formula is C11H14N4O. The second-order valence-electron chi connectivity index (χ2n) is 4.49. The topological polar surface area (TPSA) is 63.6 Å². The highest BCUT2D eigenvalue weighted by molar-refractivity contribution is 5.77. The molecule has 1 aliphatic carbocycles. The van der Waals surface area contributed by atoms with Gasteiger partial charge in [-0.05, 0) is 19.8 Å². The molecule has 16 heavy (non-hydrogen) atoms. The van der Waals surface area contributed by atoms with Gasteiger partial charge in [0.2, 0.25) is 0 Å². The van der Waals surface area contributed by atoms with Gasteiger partial charge in [0.1, 0.15) is 11.2 Å². The number of rotatable bonds is 1. The summed E-state index contributed by atoms with van der Waals surface area (Å²) in [5.41, 5.74) is 1.57. The Balaban J connectivity index is 2.34. The van der Waals surface area contributed by atoms with Gasteiger partial charge < -0.3 is 4.98 Å². The van der Waals surface area contributed by atoms with Gasteiger partial charge in [0.05, 0.1) is 5.69 Å². The minimum absolute atomic E-state index is 0.0579. The maximum absolute atomic E-state index is 11.9. The number of hydrogen-bond donors (Lipinski definition) is 1. The SMILES string of the molecule is Cc1nc2c(c(C3CCC3)nn2C)c(=O)[nH]1. The van der Waals surface area contributed by atoms with Gasteiger partial charge in [-0.25, -0.2) is 9.67 Å². The van der Waals surface area contributed by atoms with Crippen molar-refractivity contribution in [3.63, 3.8) is 0 Å². The summed E-state index contributed by atoms with van der Waals surface area (Å²) in [5.74, 6) is 1.09. The number of aromatic amines is 1. The summed E-state index contributed by atoms with van der Waals surface area (Å²) in [6, 6.07) is 0. The molecule has 0 aromatic carbocycles. The number of fused-ring (bicyclic) bond motifs is 1. The number of aromatic nitrogens is 4. The lowest BCUT2D eigenvalue weighted by Crippen LogP contribution is -2.15. The van der Waals surface area contributed by atoms with Crippen molar-refractivity contribution < 1.29 is 0 Å². The molecule has 1 fully saturated rings. The summed E-state index contributed by atoms with van der Waals surface area (Å²) in [7, 11) is 1.84. The van der Waals surface area contributed by atoms with Crippen molar-refractivity contribution in [3.8, 4) is 0 Å². The van der Waals surface area contributed by atoms with E-state index in [0.29, 0.717) is 22.8 Å². The zero-order valence-electron chi connectivity index (χ0n) is 9.45. The maximum atomic E-state index is 11.9. The van der Waals surface area contributed by atoms with E-state index in [1.165, 1.54) is 6.42 Å². The van der Waals surface area contributed by atoms with E-state index in [1.807, 2.05) is 7.05 Å². The summed E-state index contributed by atoms with van der Waals surface area (Å²) in [6.07, 6.45) is 3.51. The Morgan fingerprint density at radius 3 is 2.81 bits per heavy atom. The number of hydrogen-bond acceptors (Lipinski definition) is 3. The van der Waals surface area contributed by atoms with Gasteiger partial charge >= 0.3 is 0 Å². The molecule has 2 heterocycles. The average Bonchev–Trinajstić information content (AvgIpc) is 2.41. The fraction of sp³-hybridized carbons (Fsp3) is 0.545. The summed E-state index contributed by atoms with van der Waals surface area (Å²) in [6.45, 7) is 1.79. The normalized spacial score (nSPS) is 16.6. The van der Waals surface area contributed by atoms with Gasteiger partial charge in [-0.3, -0.25) is 4.79 Å².